The van der Waals surface area contributed by atoms with Crippen molar-refractivity contribution in [2.45, 2.75) is 0 Å². The molecule has 17 heavy (non-hydrogen) atoms. The van der Waals surface area contributed by atoms with Crippen LogP contribution in [0, 0.1) is 0 Å². The van der Waals surface area contributed by atoms with Crippen LogP contribution >= 0.6 is 0 Å². The SMILES string of the molecule is CN(N)c1nnc(-c2ccccc2)c(=O)n1N. The molecule has 0 amide bonds. The Hall–Kier alpha value is -2.41. The van der Waals surface area contributed by atoms with Crippen molar-refractivity contribution >= 4 is 5.95 Å². The predicted octanol–water partition coefficient (Wildman–Crippen LogP) is -0.671. The normalized spacial score (nSPS) is 10.2. The molecule has 2 rings (SSSR count). The fraction of sp³-hybridized carbons (Fsp3) is 0.100. The molecule has 4 N–H and O–H groups in total. The maximum atomic E-state index is 11.9. The van der Waals surface area contributed by atoms with Crippen molar-refractivity contribution in [2.75, 3.05) is 17.9 Å². The van der Waals surface area contributed by atoms with Crippen LogP contribution in [0.1, 0.15) is 0 Å². The van der Waals surface area contributed by atoms with Gasteiger partial charge < -0.3 is 5.84 Å². The number of rotatable bonds is 2. The molecule has 0 unspecified atom stereocenters. The molecule has 1 aromatic heterocycles. The zero-order chi connectivity index (χ0) is 12.4. The van der Waals surface area contributed by atoms with E-state index in [9.17, 15) is 4.79 Å². The Bertz CT molecular complexity index is 577. The van der Waals surface area contributed by atoms with Gasteiger partial charge in [0, 0.05) is 12.6 Å². The Morgan fingerprint density at radius 1 is 1.24 bits per heavy atom. The van der Waals surface area contributed by atoms with Gasteiger partial charge in [0.05, 0.1) is 0 Å². The van der Waals surface area contributed by atoms with Gasteiger partial charge in [-0.05, 0) is 0 Å². The van der Waals surface area contributed by atoms with E-state index in [2.05, 4.69) is 10.2 Å². The largest absolute Gasteiger partial charge is 0.333 e. The number of nitrogens with two attached hydrogens (primary N) is 2. The lowest BCUT2D eigenvalue weighted by Gasteiger charge is -2.13. The molecule has 0 radical (unpaired) electrons. The summed E-state index contributed by atoms with van der Waals surface area (Å²) in [6, 6.07) is 8.98. The van der Waals surface area contributed by atoms with Gasteiger partial charge in [0.2, 0.25) is 0 Å². The second-order valence-electron chi connectivity index (χ2n) is 3.50. The van der Waals surface area contributed by atoms with E-state index in [1.54, 1.807) is 24.3 Å². The lowest BCUT2D eigenvalue weighted by Crippen LogP contribution is -2.39. The van der Waals surface area contributed by atoms with Crippen LogP contribution in [0.25, 0.3) is 11.3 Å². The molecule has 7 nitrogen and oxygen atoms in total. The lowest BCUT2D eigenvalue weighted by atomic mass is 10.2. The third-order valence-corrected chi connectivity index (χ3v) is 2.24. The van der Waals surface area contributed by atoms with E-state index in [0.29, 0.717) is 5.56 Å². The number of hydrogen-bond donors (Lipinski definition) is 2. The van der Waals surface area contributed by atoms with Gasteiger partial charge in [0.15, 0.2) is 5.69 Å². The number of hydrogen-bond acceptors (Lipinski definition) is 6. The maximum absolute atomic E-state index is 11.9. The van der Waals surface area contributed by atoms with Gasteiger partial charge in [-0.25, -0.2) is 5.84 Å². The van der Waals surface area contributed by atoms with Crippen LogP contribution < -0.4 is 22.3 Å². The van der Waals surface area contributed by atoms with Gasteiger partial charge in [0.25, 0.3) is 11.5 Å². The average molecular weight is 232 g/mol. The third kappa shape index (κ3) is 1.95. The Kier molecular flexibility index (Phi) is 2.75. The van der Waals surface area contributed by atoms with Gasteiger partial charge in [-0.3, -0.25) is 9.80 Å². The minimum Gasteiger partial charge on any atom is -0.333 e. The van der Waals surface area contributed by atoms with Crippen molar-refractivity contribution in [3.05, 3.63) is 40.7 Å². The molecular weight excluding hydrogens is 220 g/mol. The van der Waals surface area contributed by atoms with Crippen LogP contribution in [0.2, 0.25) is 0 Å². The second kappa shape index (κ2) is 4.22. The average Bonchev–Trinajstić information content (AvgIpc) is 2.33. The Balaban J connectivity index is 2.60. The van der Waals surface area contributed by atoms with Crippen LogP contribution in [0.4, 0.5) is 5.95 Å². The molecule has 1 aromatic carbocycles. The van der Waals surface area contributed by atoms with Crippen molar-refractivity contribution in [3.63, 3.8) is 0 Å². The number of nitrogen functional groups attached to an aromatic ring is 1. The molecule has 1 heterocycles. The van der Waals surface area contributed by atoms with Crippen LogP contribution in [-0.4, -0.2) is 21.9 Å². The molecular formula is C10H12N6O. The number of benzene rings is 1. The Morgan fingerprint density at radius 3 is 2.47 bits per heavy atom. The molecule has 0 atom stereocenters. The van der Waals surface area contributed by atoms with Crippen LogP contribution in [-0.2, 0) is 0 Å². The highest BCUT2D eigenvalue weighted by atomic mass is 16.1. The van der Waals surface area contributed by atoms with E-state index < -0.39 is 5.56 Å². The fourth-order valence-corrected chi connectivity index (χ4v) is 1.41. The molecule has 0 aliphatic carbocycles. The molecule has 0 spiro atoms. The smallest absolute Gasteiger partial charge is 0.300 e. The van der Waals surface area contributed by atoms with Crippen molar-refractivity contribution in [1.82, 2.24) is 14.9 Å². The van der Waals surface area contributed by atoms with E-state index in [4.69, 9.17) is 11.7 Å². The van der Waals surface area contributed by atoms with Crippen LogP contribution in [0.15, 0.2) is 35.1 Å². The van der Waals surface area contributed by atoms with Gasteiger partial charge >= 0.3 is 0 Å². The summed E-state index contributed by atoms with van der Waals surface area (Å²) in [6.07, 6.45) is 0. The maximum Gasteiger partial charge on any atom is 0.300 e. The first-order valence-corrected chi connectivity index (χ1v) is 4.90. The van der Waals surface area contributed by atoms with Crippen molar-refractivity contribution in [2.24, 2.45) is 5.84 Å². The summed E-state index contributed by atoms with van der Waals surface area (Å²) in [5, 5.41) is 8.78. The molecule has 0 aliphatic heterocycles. The summed E-state index contributed by atoms with van der Waals surface area (Å²) in [5.74, 6) is 11.2. The molecule has 0 saturated heterocycles. The van der Waals surface area contributed by atoms with Crippen molar-refractivity contribution in [1.29, 1.82) is 0 Å². The highest BCUT2D eigenvalue weighted by molar-refractivity contribution is 5.57. The first-order chi connectivity index (χ1) is 8.11. The number of anilines is 1. The molecule has 7 heteroatoms. The quantitative estimate of drug-likeness (QED) is 0.525. The summed E-state index contributed by atoms with van der Waals surface area (Å²) in [5.41, 5.74) is 0.410. The Labute approximate surface area is 97.2 Å². The number of hydrazine groups is 1. The zero-order valence-corrected chi connectivity index (χ0v) is 9.24. The summed E-state index contributed by atoms with van der Waals surface area (Å²) in [7, 11) is 1.52. The summed E-state index contributed by atoms with van der Waals surface area (Å²) < 4.78 is 0.870. The van der Waals surface area contributed by atoms with Crippen molar-refractivity contribution < 1.29 is 0 Å². The predicted molar refractivity (Wildman–Crippen MR) is 64.5 cm³/mol. The standard InChI is InChI=1S/C10H12N6O/c1-15(11)10-14-13-8(9(17)16(10)12)7-5-3-2-4-6-7/h2-6H,11-12H2,1H3. The van der Waals surface area contributed by atoms with Gasteiger partial charge in [-0.15, -0.1) is 10.2 Å². The van der Waals surface area contributed by atoms with Crippen molar-refractivity contribution in [3.8, 4) is 11.3 Å². The molecule has 0 saturated carbocycles. The molecule has 2 aromatic rings. The highest BCUT2D eigenvalue weighted by Gasteiger charge is 2.12. The zero-order valence-electron chi connectivity index (χ0n) is 9.24. The summed E-state index contributed by atoms with van der Waals surface area (Å²) in [4.78, 5) is 11.9. The van der Waals surface area contributed by atoms with Gasteiger partial charge in [0.1, 0.15) is 0 Å². The topological polar surface area (TPSA) is 103 Å². The Morgan fingerprint density at radius 2 is 1.88 bits per heavy atom. The van der Waals surface area contributed by atoms with Gasteiger partial charge in [-0.2, -0.15) is 4.68 Å². The van der Waals surface area contributed by atoms with E-state index in [-0.39, 0.29) is 11.6 Å². The molecule has 0 fully saturated rings. The molecule has 0 aliphatic rings. The first-order valence-electron chi connectivity index (χ1n) is 4.90. The monoisotopic (exact) mass is 232 g/mol. The lowest BCUT2D eigenvalue weighted by molar-refractivity contribution is 0.774. The van der Waals surface area contributed by atoms with Crippen LogP contribution in [0.3, 0.4) is 0 Å². The molecule has 88 valence electrons. The fourth-order valence-electron chi connectivity index (χ4n) is 1.41. The minimum atomic E-state index is -0.446. The van der Waals surface area contributed by atoms with Gasteiger partial charge in [-0.1, -0.05) is 30.3 Å². The first kappa shape index (κ1) is 11.1. The number of nitrogens with zero attached hydrogens (tertiary/aromatic N) is 4. The molecule has 0 bridgehead atoms. The highest BCUT2D eigenvalue weighted by Crippen LogP contribution is 2.11. The van der Waals surface area contributed by atoms with E-state index in [1.165, 1.54) is 7.05 Å². The summed E-state index contributed by atoms with van der Waals surface area (Å²) >= 11 is 0. The van der Waals surface area contributed by atoms with Crippen LogP contribution in [0.5, 0.6) is 0 Å². The second-order valence-corrected chi connectivity index (χ2v) is 3.50. The van der Waals surface area contributed by atoms with E-state index in [1.807, 2.05) is 6.07 Å². The third-order valence-electron chi connectivity index (χ3n) is 2.24. The number of aromatic nitrogens is 3. The van der Waals surface area contributed by atoms with E-state index >= 15 is 0 Å². The van der Waals surface area contributed by atoms with E-state index in [0.717, 1.165) is 9.69 Å². The minimum absolute atomic E-state index is 0.0923. The summed E-state index contributed by atoms with van der Waals surface area (Å²) in [6.45, 7) is 0.